The molecular formula is C19H22N2O2. The lowest BCUT2D eigenvalue weighted by atomic mass is 9.89. The van der Waals surface area contributed by atoms with Gasteiger partial charge in [-0.3, -0.25) is 0 Å². The zero-order valence-corrected chi connectivity index (χ0v) is 13.0. The largest absolute Gasteiger partial charge is 0.383 e. The molecule has 3 N–H and O–H groups in total. The van der Waals surface area contributed by atoms with Crippen LogP contribution in [0.3, 0.4) is 0 Å². The third-order valence-corrected chi connectivity index (χ3v) is 4.34. The number of benzene rings is 2. The Balaban J connectivity index is 1.56. The Labute approximate surface area is 136 Å². The van der Waals surface area contributed by atoms with Gasteiger partial charge in [-0.05, 0) is 29.9 Å². The number of urea groups is 1. The summed E-state index contributed by atoms with van der Waals surface area (Å²) in [7, 11) is 0. The van der Waals surface area contributed by atoms with Gasteiger partial charge in [0.25, 0.3) is 0 Å². The number of aliphatic hydroxyl groups is 1. The average Bonchev–Trinajstić information content (AvgIpc) is 3.45. The van der Waals surface area contributed by atoms with Crippen LogP contribution < -0.4 is 10.6 Å². The van der Waals surface area contributed by atoms with Crippen LogP contribution in [0.15, 0.2) is 60.7 Å². The van der Waals surface area contributed by atoms with Gasteiger partial charge in [0.05, 0.1) is 6.54 Å². The van der Waals surface area contributed by atoms with Gasteiger partial charge in [-0.15, -0.1) is 0 Å². The standard InChI is InChI=1S/C19H22N2O2/c22-18(20-13-15-7-3-1-4-8-15)21-14-19(23,17-11-12-17)16-9-5-2-6-10-16/h1-10,17,23H,11-14H2,(H2,20,21,22). The van der Waals surface area contributed by atoms with Crippen molar-refractivity contribution < 1.29 is 9.90 Å². The number of carbonyl (C=O) groups is 1. The van der Waals surface area contributed by atoms with Gasteiger partial charge in [0, 0.05) is 6.54 Å². The van der Waals surface area contributed by atoms with Crippen molar-refractivity contribution in [2.45, 2.75) is 25.0 Å². The van der Waals surface area contributed by atoms with E-state index in [9.17, 15) is 9.90 Å². The van der Waals surface area contributed by atoms with Crippen molar-refractivity contribution >= 4 is 6.03 Å². The Morgan fingerprint density at radius 1 is 1.00 bits per heavy atom. The highest BCUT2D eigenvalue weighted by Crippen LogP contribution is 2.45. The topological polar surface area (TPSA) is 61.4 Å². The minimum atomic E-state index is -0.981. The number of hydrogen-bond acceptors (Lipinski definition) is 2. The summed E-state index contributed by atoms with van der Waals surface area (Å²) in [6.45, 7) is 0.697. The first-order valence-corrected chi connectivity index (χ1v) is 8.02. The highest BCUT2D eigenvalue weighted by Gasteiger charge is 2.45. The first-order valence-electron chi connectivity index (χ1n) is 8.02. The molecule has 1 aliphatic rings. The zero-order chi connectivity index (χ0) is 16.1. The summed E-state index contributed by atoms with van der Waals surface area (Å²) in [6, 6.07) is 19.1. The Hall–Kier alpha value is -2.33. The first-order chi connectivity index (χ1) is 11.2. The molecule has 1 atom stereocenters. The third-order valence-electron chi connectivity index (χ3n) is 4.34. The fourth-order valence-corrected chi connectivity index (χ4v) is 2.83. The Bertz CT molecular complexity index is 641. The normalized spacial score (nSPS) is 16.4. The summed E-state index contributed by atoms with van der Waals surface area (Å²) in [4.78, 5) is 12.0. The van der Waals surface area contributed by atoms with Gasteiger partial charge >= 0.3 is 6.03 Å². The molecule has 4 nitrogen and oxygen atoms in total. The van der Waals surface area contributed by atoms with Gasteiger partial charge in [-0.25, -0.2) is 4.79 Å². The summed E-state index contributed by atoms with van der Waals surface area (Å²) in [5.41, 5.74) is 0.930. The van der Waals surface area contributed by atoms with Gasteiger partial charge in [0.1, 0.15) is 5.60 Å². The van der Waals surface area contributed by atoms with Crippen molar-refractivity contribution in [3.8, 4) is 0 Å². The van der Waals surface area contributed by atoms with Gasteiger partial charge in [0.2, 0.25) is 0 Å². The molecule has 0 aromatic heterocycles. The van der Waals surface area contributed by atoms with E-state index >= 15 is 0 Å². The number of carbonyl (C=O) groups excluding carboxylic acids is 1. The number of amides is 2. The molecule has 1 unspecified atom stereocenters. The maximum Gasteiger partial charge on any atom is 0.315 e. The molecule has 1 saturated carbocycles. The van der Waals surface area contributed by atoms with Crippen molar-refractivity contribution in [1.82, 2.24) is 10.6 Å². The summed E-state index contributed by atoms with van der Waals surface area (Å²) >= 11 is 0. The van der Waals surface area contributed by atoms with Crippen LogP contribution in [0.25, 0.3) is 0 Å². The predicted octanol–water partition coefficient (Wildman–Crippen LogP) is 2.78. The van der Waals surface area contributed by atoms with E-state index in [1.54, 1.807) is 0 Å². The summed E-state index contributed by atoms with van der Waals surface area (Å²) in [5.74, 6) is 0.222. The van der Waals surface area contributed by atoms with Crippen LogP contribution in [0.1, 0.15) is 24.0 Å². The van der Waals surface area contributed by atoms with Gasteiger partial charge in [-0.2, -0.15) is 0 Å². The lowest BCUT2D eigenvalue weighted by Gasteiger charge is -2.29. The highest BCUT2D eigenvalue weighted by atomic mass is 16.3. The smallest absolute Gasteiger partial charge is 0.315 e. The van der Waals surface area contributed by atoms with Crippen molar-refractivity contribution in [2.75, 3.05) is 6.54 Å². The van der Waals surface area contributed by atoms with Gasteiger partial charge in [0.15, 0.2) is 0 Å². The van der Waals surface area contributed by atoms with Crippen LogP contribution in [0.2, 0.25) is 0 Å². The molecule has 3 rings (SSSR count). The molecule has 0 saturated heterocycles. The second-order valence-electron chi connectivity index (χ2n) is 6.09. The van der Waals surface area contributed by atoms with E-state index in [1.807, 2.05) is 60.7 Å². The molecule has 2 aromatic carbocycles. The monoisotopic (exact) mass is 310 g/mol. The predicted molar refractivity (Wildman–Crippen MR) is 89.7 cm³/mol. The molecule has 0 bridgehead atoms. The van der Waals surface area contributed by atoms with Gasteiger partial charge < -0.3 is 15.7 Å². The number of rotatable bonds is 6. The summed E-state index contributed by atoms with van der Waals surface area (Å²) < 4.78 is 0. The molecule has 0 radical (unpaired) electrons. The molecule has 2 aromatic rings. The third kappa shape index (κ3) is 3.90. The summed E-state index contributed by atoms with van der Waals surface area (Å²) in [6.07, 6.45) is 2.00. The van der Waals surface area contributed by atoms with Crippen molar-refractivity contribution in [3.63, 3.8) is 0 Å². The van der Waals surface area contributed by atoms with E-state index in [2.05, 4.69) is 10.6 Å². The molecule has 0 spiro atoms. The van der Waals surface area contributed by atoms with Gasteiger partial charge in [-0.1, -0.05) is 60.7 Å². The molecule has 1 aliphatic carbocycles. The lowest BCUT2D eigenvalue weighted by molar-refractivity contribution is 0.0160. The number of nitrogens with one attached hydrogen (secondary N) is 2. The minimum Gasteiger partial charge on any atom is -0.383 e. The maximum absolute atomic E-state index is 12.0. The van der Waals surface area contributed by atoms with E-state index in [0.717, 1.165) is 24.0 Å². The molecule has 1 fully saturated rings. The van der Waals surface area contributed by atoms with Crippen LogP contribution in [-0.2, 0) is 12.1 Å². The Kier molecular flexibility index (Phi) is 4.63. The molecule has 2 amide bonds. The first kappa shape index (κ1) is 15.6. The average molecular weight is 310 g/mol. The van der Waals surface area contributed by atoms with Crippen LogP contribution in [-0.4, -0.2) is 17.7 Å². The number of hydrogen-bond donors (Lipinski definition) is 3. The molecule has 0 heterocycles. The second kappa shape index (κ2) is 6.84. The van der Waals surface area contributed by atoms with Crippen LogP contribution >= 0.6 is 0 Å². The van der Waals surface area contributed by atoms with E-state index in [4.69, 9.17) is 0 Å². The maximum atomic E-state index is 12.0. The van der Waals surface area contributed by atoms with Crippen LogP contribution in [0.4, 0.5) is 4.79 Å². The Morgan fingerprint density at radius 2 is 1.61 bits per heavy atom. The Morgan fingerprint density at radius 3 is 2.22 bits per heavy atom. The fraction of sp³-hybridized carbons (Fsp3) is 0.316. The summed E-state index contributed by atoms with van der Waals surface area (Å²) in [5, 5.41) is 16.6. The molecular weight excluding hydrogens is 288 g/mol. The second-order valence-corrected chi connectivity index (χ2v) is 6.09. The van der Waals surface area contributed by atoms with Crippen molar-refractivity contribution in [2.24, 2.45) is 5.92 Å². The molecule has 4 heteroatoms. The van der Waals surface area contributed by atoms with E-state index in [1.165, 1.54) is 0 Å². The SMILES string of the molecule is O=C(NCc1ccccc1)NCC(O)(c1ccccc1)C1CC1. The fourth-order valence-electron chi connectivity index (χ4n) is 2.83. The van der Waals surface area contributed by atoms with Crippen LogP contribution in [0.5, 0.6) is 0 Å². The van der Waals surface area contributed by atoms with E-state index in [-0.39, 0.29) is 18.5 Å². The van der Waals surface area contributed by atoms with E-state index < -0.39 is 5.60 Å². The highest BCUT2D eigenvalue weighted by molar-refractivity contribution is 5.74. The minimum absolute atomic E-state index is 0.222. The molecule has 120 valence electrons. The zero-order valence-electron chi connectivity index (χ0n) is 13.0. The quantitative estimate of drug-likeness (QED) is 0.768. The lowest BCUT2D eigenvalue weighted by Crippen LogP contribution is -2.45. The van der Waals surface area contributed by atoms with Crippen LogP contribution in [0, 0.1) is 5.92 Å². The molecule has 23 heavy (non-hydrogen) atoms. The van der Waals surface area contributed by atoms with Crippen molar-refractivity contribution in [1.29, 1.82) is 0 Å². The molecule has 0 aliphatic heterocycles. The van der Waals surface area contributed by atoms with Crippen molar-refractivity contribution in [3.05, 3.63) is 71.8 Å². The van der Waals surface area contributed by atoms with E-state index in [0.29, 0.717) is 6.54 Å².